The summed E-state index contributed by atoms with van der Waals surface area (Å²) < 4.78 is 0. The Bertz CT molecular complexity index is 899. The molecule has 0 unspecified atom stereocenters. The molecule has 2 bridgehead atoms. The molecule has 1 N–H and O–H groups in total. The van der Waals surface area contributed by atoms with Crippen LogP contribution in [0.4, 0.5) is 0 Å². The second kappa shape index (κ2) is 7.86. The van der Waals surface area contributed by atoms with Crippen molar-refractivity contribution in [3.8, 4) is 0 Å². The first-order valence-electron chi connectivity index (χ1n) is 10.5. The van der Waals surface area contributed by atoms with Crippen molar-refractivity contribution in [3.63, 3.8) is 0 Å². The number of carbonyl (C=O) groups is 2. The summed E-state index contributed by atoms with van der Waals surface area (Å²) in [5.74, 6) is 2.20. The van der Waals surface area contributed by atoms with Crippen molar-refractivity contribution < 1.29 is 9.59 Å². The number of nitrogens with one attached hydrogen (secondary N) is 1. The minimum atomic E-state index is 0.00499. The van der Waals surface area contributed by atoms with Crippen molar-refractivity contribution in [2.45, 2.75) is 43.6 Å². The summed E-state index contributed by atoms with van der Waals surface area (Å²) in [7, 11) is 0. The summed E-state index contributed by atoms with van der Waals surface area (Å²) in [5.41, 5.74) is 2.92. The van der Waals surface area contributed by atoms with Crippen LogP contribution >= 0.6 is 11.8 Å². The van der Waals surface area contributed by atoms with Crippen LogP contribution in [0.15, 0.2) is 54.6 Å². The van der Waals surface area contributed by atoms with Crippen LogP contribution in [0.3, 0.4) is 0 Å². The second-order valence-corrected chi connectivity index (χ2v) is 9.62. The van der Waals surface area contributed by atoms with Crippen molar-refractivity contribution in [1.29, 1.82) is 0 Å². The van der Waals surface area contributed by atoms with Gasteiger partial charge in [-0.1, -0.05) is 48.9 Å². The summed E-state index contributed by atoms with van der Waals surface area (Å²) in [6.07, 6.45) is 5.03. The molecule has 29 heavy (non-hydrogen) atoms. The van der Waals surface area contributed by atoms with Crippen LogP contribution in [0.25, 0.3) is 0 Å². The Hall–Kier alpha value is -2.27. The molecule has 1 heterocycles. The van der Waals surface area contributed by atoms with Crippen LogP contribution in [0.5, 0.6) is 0 Å². The van der Waals surface area contributed by atoms with Crippen LogP contribution < -0.4 is 5.32 Å². The monoisotopic (exact) mass is 406 g/mol. The van der Waals surface area contributed by atoms with E-state index in [1.165, 1.54) is 19.3 Å². The van der Waals surface area contributed by atoms with E-state index in [2.05, 4.69) is 17.4 Å². The molecule has 2 aromatic rings. The highest BCUT2D eigenvalue weighted by Crippen LogP contribution is 2.44. The first-order chi connectivity index (χ1) is 14.2. The van der Waals surface area contributed by atoms with E-state index in [1.807, 2.05) is 47.4 Å². The van der Waals surface area contributed by atoms with E-state index in [4.69, 9.17) is 0 Å². The molecule has 0 spiro atoms. The van der Waals surface area contributed by atoms with Gasteiger partial charge in [0.2, 0.25) is 5.91 Å². The van der Waals surface area contributed by atoms with E-state index in [0.29, 0.717) is 29.8 Å². The average Bonchev–Trinajstić information content (AvgIpc) is 3.46. The topological polar surface area (TPSA) is 49.4 Å². The molecule has 2 aliphatic carbocycles. The summed E-state index contributed by atoms with van der Waals surface area (Å²) in [5, 5.41) is 3.26. The van der Waals surface area contributed by atoms with Gasteiger partial charge >= 0.3 is 0 Å². The lowest BCUT2D eigenvalue weighted by Crippen LogP contribution is -2.38. The third kappa shape index (κ3) is 3.80. The Balaban J connectivity index is 1.26. The highest BCUT2D eigenvalue weighted by Gasteiger charge is 2.40. The summed E-state index contributed by atoms with van der Waals surface area (Å²) in [6, 6.07) is 18.3. The van der Waals surface area contributed by atoms with E-state index >= 15 is 0 Å². The number of hydrogen-bond acceptors (Lipinski definition) is 3. The lowest BCUT2D eigenvalue weighted by molar-refractivity contribution is -0.128. The average molecular weight is 407 g/mol. The van der Waals surface area contributed by atoms with Gasteiger partial charge in [0.25, 0.3) is 5.91 Å². The molecule has 3 aliphatic rings. The lowest BCUT2D eigenvalue weighted by atomic mass is 9.95. The number of fused-ring (bicyclic) bond motifs is 2. The number of carbonyl (C=O) groups excluding carboxylic acids is 2. The van der Waals surface area contributed by atoms with Gasteiger partial charge in [0.15, 0.2) is 0 Å². The Labute approximate surface area is 176 Å². The highest BCUT2D eigenvalue weighted by atomic mass is 32.2. The number of nitrogens with zero attached hydrogens (tertiary/aromatic N) is 1. The van der Waals surface area contributed by atoms with E-state index in [-0.39, 0.29) is 17.2 Å². The van der Waals surface area contributed by atoms with Gasteiger partial charge in [-0.25, -0.2) is 0 Å². The van der Waals surface area contributed by atoms with Crippen molar-refractivity contribution in [3.05, 3.63) is 71.3 Å². The number of rotatable bonds is 5. The molecule has 1 aliphatic heterocycles. The van der Waals surface area contributed by atoms with Crippen molar-refractivity contribution in [1.82, 2.24) is 10.2 Å². The van der Waals surface area contributed by atoms with Gasteiger partial charge in [-0.15, -0.1) is 11.8 Å². The number of benzene rings is 2. The molecule has 0 radical (unpaired) electrons. The molecule has 3 fully saturated rings. The van der Waals surface area contributed by atoms with Gasteiger partial charge in [-0.05, 0) is 54.4 Å². The third-order valence-corrected chi connectivity index (χ3v) is 7.93. The van der Waals surface area contributed by atoms with Crippen LogP contribution in [-0.4, -0.2) is 28.5 Å². The van der Waals surface area contributed by atoms with E-state index in [0.717, 1.165) is 23.5 Å². The fraction of sp³-hybridized carbons (Fsp3) is 0.417. The summed E-state index contributed by atoms with van der Waals surface area (Å²) >= 11 is 1.66. The fourth-order valence-corrected chi connectivity index (χ4v) is 6.34. The molecule has 5 heteroatoms. The zero-order valence-electron chi connectivity index (χ0n) is 16.4. The highest BCUT2D eigenvalue weighted by molar-refractivity contribution is 8.00. The van der Waals surface area contributed by atoms with Gasteiger partial charge in [-0.2, -0.15) is 0 Å². The number of hydrogen-bond donors (Lipinski definition) is 1. The molecule has 4 atom stereocenters. The van der Waals surface area contributed by atoms with Crippen LogP contribution in [0.2, 0.25) is 0 Å². The predicted molar refractivity (Wildman–Crippen MR) is 115 cm³/mol. The Kier molecular flexibility index (Phi) is 5.08. The largest absolute Gasteiger partial charge is 0.349 e. The van der Waals surface area contributed by atoms with Gasteiger partial charge in [0.05, 0.1) is 5.75 Å². The standard InChI is InChI=1S/C24H26N2O2S/c27-22-15-29-24(26(22)14-16-4-2-1-3-5-16)19-10-8-18(9-11-19)23(28)25-21-13-17-6-7-20(21)12-17/h1-5,8-11,17,20-21,24H,6-7,12-15H2,(H,25,28)/t17-,20-,21+,24+/m1/s1. The van der Waals surface area contributed by atoms with Gasteiger partial charge in [0.1, 0.15) is 5.37 Å². The SMILES string of the molecule is O=C(N[C@H]1C[C@@H]2CC[C@@H]1C2)c1ccc([C@@H]2SCC(=O)N2Cc2ccccc2)cc1. The molecule has 150 valence electrons. The van der Waals surface area contributed by atoms with Gasteiger partial charge in [0, 0.05) is 18.2 Å². The van der Waals surface area contributed by atoms with Crippen molar-refractivity contribution in [2.24, 2.45) is 11.8 Å². The fourth-order valence-electron chi connectivity index (χ4n) is 5.15. The Morgan fingerprint density at radius 2 is 1.83 bits per heavy atom. The van der Waals surface area contributed by atoms with E-state index in [9.17, 15) is 9.59 Å². The number of thioether (sulfide) groups is 1. The quantitative estimate of drug-likeness (QED) is 0.802. The maximum Gasteiger partial charge on any atom is 0.251 e. The van der Waals surface area contributed by atoms with Crippen LogP contribution in [-0.2, 0) is 11.3 Å². The predicted octanol–water partition coefficient (Wildman–Crippen LogP) is 4.38. The molecular formula is C24H26N2O2S. The normalized spacial score (nSPS) is 28.1. The first kappa shape index (κ1) is 18.7. The first-order valence-corrected chi connectivity index (χ1v) is 11.6. The molecule has 1 saturated heterocycles. The zero-order valence-corrected chi connectivity index (χ0v) is 17.2. The summed E-state index contributed by atoms with van der Waals surface area (Å²) in [4.78, 5) is 27.1. The zero-order chi connectivity index (χ0) is 19.8. The van der Waals surface area contributed by atoms with Crippen LogP contribution in [0, 0.1) is 11.8 Å². The third-order valence-electron chi connectivity index (χ3n) is 6.68. The molecule has 2 amide bonds. The Morgan fingerprint density at radius 1 is 1.03 bits per heavy atom. The minimum Gasteiger partial charge on any atom is -0.349 e. The van der Waals surface area contributed by atoms with Crippen molar-refractivity contribution >= 4 is 23.6 Å². The van der Waals surface area contributed by atoms with Crippen LogP contribution in [0.1, 0.15) is 52.5 Å². The molecular weight excluding hydrogens is 380 g/mol. The molecule has 0 aromatic heterocycles. The molecule has 5 rings (SSSR count). The maximum atomic E-state index is 12.7. The van der Waals surface area contributed by atoms with E-state index in [1.54, 1.807) is 11.8 Å². The molecule has 2 aromatic carbocycles. The maximum absolute atomic E-state index is 12.7. The molecule has 4 nitrogen and oxygen atoms in total. The molecule has 2 saturated carbocycles. The van der Waals surface area contributed by atoms with Crippen molar-refractivity contribution in [2.75, 3.05) is 5.75 Å². The summed E-state index contributed by atoms with van der Waals surface area (Å²) in [6.45, 7) is 0.615. The number of amides is 2. The smallest absolute Gasteiger partial charge is 0.251 e. The van der Waals surface area contributed by atoms with E-state index < -0.39 is 0 Å². The minimum absolute atomic E-state index is 0.00499. The second-order valence-electron chi connectivity index (χ2n) is 8.55. The Morgan fingerprint density at radius 3 is 2.52 bits per heavy atom. The van der Waals surface area contributed by atoms with Gasteiger partial charge in [-0.3, -0.25) is 9.59 Å². The van der Waals surface area contributed by atoms with Gasteiger partial charge < -0.3 is 10.2 Å². The lowest BCUT2D eigenvalue weighted by Gasteiger charge is -2.25.